The van der Waals surface area contributed by atoms with Gasteiger partial charge in [-0.05, 0) is 32.0 Å². The Morgan fingerprint density at radius 3 is 2.37 bits per heavy atom. The van der Waals surface area contributed by atoms with Gasteiger partial charge in [0.2, 0.25) is 5.39 Å². The van der Waals surface area contributed by atoms with Gasteiger partial charge in [0.15, 0.2) is 4.98 Å². The number of methoxy groups -OCH3 is 1. The maximum absolute atomic E-state index is 12.0. The van der Waals surface area contributed by atoms with E-state index in [1.165, 1.54) is 22.2 Å². The highest BCUT2D eigenvalue weighted by Crippen LogP contribution is 2.42. The molecule has 2 aromatic rings. The van der Waals surface area contributed by atoms with Gasteiger partial charge in [-0.1, -0.05) is 29.5 Å². The Hall–Kier alpha value is -2.69. The zero-order valence-corrected chi connectivity index (χ0v) is 18.3. The molecule has 0 aromatic heterocycles. The van der Waals surface area contributed by atoms with E-state index in [9.17, 15) is 10.2 Å². The number of rotatable bonds is 6. The number of diazo groups is 1. The van der Waals surface area contributed by atoms with Crippen molar-refractivity contribution in [3.05, 3.63) is 46.9 Å². The summed E-state index contributed by atoms with van der Waals surface area (Å²) in [6, 6.07) is 11.4. The van der Waals surface area contributed by atoms with Crippen LogP contribution in [-0.4, -0.2) is 35.6 Å². The number of benzene rings is 2. The average molecular weight is 455 g/mol. The largest absolute Gasteiger partial charge is 0.750 e. The highest BCUT2D eigenvalue weighted by Gasteiger charge is 2.26. The number of carbonyl (C=O) groups is 1. The molecule has 162 valence electrons. The molecular formula is C18H20N3O7S2-. The summed E-state index contributed by atoms with van der Waals surface area (Å²) in [5.74, 6) is 0.555. The lowest BCUT2D eigenvalue weighted by Gasteiger charge is -2.16. The molecule has 0 heterocycles. The minimum Gasteiger partial charge on any atom is -0.750 e. The Balaban J connectivity index is 0.000000804. The van der Waals surface area contributed by atoms with Crippen molar-refractivity contribution in [1.29, 1.82) is 5.39 Å². The van der Waals surface area contributed by atoms with E-state index in [1.54, 1.807) is 33.2 Å². The first-order chi connectivity index (χ1) is 14.3. The van der Waals surface area contributed by atoms with E-state index in [0.717, 1.165) is 9.79 Å². The van der Waals surface area contributed by atoms with Crippen LogP contribution in [0.1, 0.15) is 12.5 Å². The Morgan fingerprint density at radius 1 is 1.30 bits per heavy atom. The van der Waals surface area contributed by atoms with Gasteiger partial charge >= 0.3 is 11.8 Å². The van der Waals surface area contributed by atoms with Crippen LogP contribution in [0.3, 0.4) is 0 Å². The monoisotopic (exact) mass is 454 g/mol. The maximum atomic E-state index is 12.0. The van der Waals surface area contributed by atoms with E-state index < -0.39 is 17.5 Å². The summed E-state index contributed by atoms with van der Waals surface area (Å²) >= 11 is -1.38. The van der Waals surface area contributed by atoms with Crippen LogP contribution >= 0.6 is 11.8 Å². The molecule has 0 radical (unpaired) electrons. The second-order valence-corrected chi connectivity index (χ2v) is 7.20. The van der Waals surface area contributed by atoms with Crippen molar-refractivity contribution >= 4 is 40.6 Å². The fourth-order valence-corrected chi connectivity index (χ4v) is 3.12. The van der Waals surface area contributed by atoms with Crippen molar-refractivity contribution in [1.82, 2.24) is 0 Å². The third kappa shape index (κ3) is 7.62. The van der Waals surface area contributed by atoms with E-state index in [4.69, 9.17) is 23.5 Å². The van der Waals surface area contributed by atoms with Crippen LogP contribution in [0.4, 0.5) is 16.2 Å². The Bertz CT molecular complexity index is 917. The van der Waals surface area contributed by atoms with E-state index in [1.807, 2.05) is 31.2 Å². The Kier molecular flexibility index (Phi) is 10.8. The summed E-state index contributed by atoms with van der Waals surface area (Å²) in [5, 5.41) is 17.8. The van der Waals surface area contributed by atoms with E-state index in [2.05, 4.69) is 9.31 Å². The number of hydrogen-bond donors (Lipinski definition) is 0. The molecule has 2 rings (SSSR count). The molecule has 0 aliphatic rings. The lowest BCUT2D eigenvalue weighted by Crippen LogP contribution is -2.27. The summed E-state index contributed by atoms with van der Waals surface area (Å²) in [5.41, 5.74) is 1.82. The van der Waals surface area contributed by atoms with Crippen molar-refractivity contribution < 1.29 is 32.6 Å². The lowest BCUT2D eigenvalue weighted by molar-refractivity contribution is -0.635. The number of amides is 1. The van der Waals surface area contributed by atoms with E-state index >= 15 is 0 Å². The Morgan fingerprint density at radius 2 is 1.90 bits per heavy atom. The molecule has 0 saturated carbocycles. The molecule has 12 heteroatoms. The third-order valence-electron chi connectivity index (χ3n) is 3.58. The molecule has 1 amide bonds. The summed E-state index contributed by atoms with van der Waals surface area (Å²) in [4.78, 5) is 18.4. The second kappa shape index (κ2) is 12.8. The predicted octanol–water partition coefficient (Wildman–Crippen LogP) is 3.30. The van der Waals surface area contributed by atoms with Gasteiger partial charge in [0.25, 0.3) is 0 Å². The molecule has 0 fully saturated rings. The van der Waals surface area contributed by atoms with Crippen LogP contribution in [0, 0.1) is 12.3 Å². The van der Waals surface area contributed by atoms with Crippen LogP contribution in [0.15, 0.2) is 46.2 Å². The number of aryl methyl sites for hydroxylation is 1. The van der Waals surface area contributed by atoms with Crippen LogP contribution in [0.5, 0.6) is 5.75 Å². The highest BCUT2D eigenvalue weighted by molar-refractivity contribution is 7.99. The van der Waals surface area contributed by atoms with E-state index in [-0.39, 0.29) is 12.3 Å². The number of anilines is 1. The zero-order chi connectivity index (χ0) is 22.7. The molecule has 0 aliphatic carbocycles. The third-order valence-corrected chi connectivity index (χ3v) is 4.73. The molecule has 10 nitrogen and oxygen atoms in total. The Labute approximate surface area is 180 Å². The number of hydrogen-bond acceptors (Lipinski definition) is 9. The first kappa shape index (κ1) is 25.3. The van der Waals surface area contributed by atoms with Crippen molar-refractivity contribution in [2.75, 3.05) is 25.7 Å². The summed E-state index contributed by atoms with van der Waals surface area (Å²) < 4.78 is 30.5. The van der Waals surface area contributed by atoms with Gasteiger partial charge in [0, 0.05) is 11.9 Å². The first-order valence-corrected chi connectivity index (χ1v) is 10.2. The molecule has 2 aromatic carbocycles. The molecule has 1 atom stereocenters. The van der Waals surface area contributed by atoms with Crippen molar-refractivity contribution in [2.24, 2.45) is 0 Å². The van der Waals surface area contributed by atoms with Crippen molar-refractivity contribution in [2.45, 2.75) is 23.6 Å². The smallest absolute Gasteiger partial charge is 0.414 e. The standard InChI is InChI=1S/C18H20N3O3S.H2O4S/c1-5-24-18(22)21(3)15-11-17(16(23-4)10-14(15)20-19)25-13-8-6-12(2)7-9-13;1-4-5(2)3/h6-11H,5H2,1-4H3;1H,(H,2,3)/q+1;/p-2. The molecule has 0 spiro atoms. The minimum absolute atomic E-state index is 0.223. The van der Waals surface area contributed by atoms with Gasteiger partial charge in [-0.25, -0.2) is 9.00 Å². The van der Waals surface area contributed by atoms with Gasteiger partial charge in [0.05, 0.1) is 36.0 Å². The quantitative estimate of drug-likeness (QED) is 0.278. The minimum atomic E-state index is -2.88. The topological polar surface area (TPSA) is 139 Å². The van der Waals surface area contributed by atoms with Crippen molar-refractivity contribution in [3.8, 4) is 5.75 Å². The van der Waals surface area contributed by atoms with Gasteiger partial charge < -0.3 is 23.6 Å². The number of ether oxygens (including phenoxy) is 2. The van der Waals surface area contributed by atoms with Crippen molar-refractivity contribution in [3.63, 3.8) is 0 Å². The summed E-state index contributed by atoms with van der Waals surface area (Å²) in [7, 11) is 3.11. The van der Waals surface area contributed by atoms with Gasteiger partial charge in [-0.2, -0.15) is 0 Å². The molecular weight excluding hydrogens is 434 g/mol. The number of carbonyl (C=O) groups excluding carboxylic acids is 1. The molecule has 0 N–H and O–H groups in total. The normalized spacial score (nSPS) is 10.8. The average Bonchev–Trinajstić information content (AvgIpc) is 2.75. The molecule has 1 unspecified atom stereocenters. The van der Waals surface area contributed by atoms with Crippen LogP contribution in [-0.2, 0) is 20.4 Å². The first-order valence-electron chi connectivity index (χ1n) is 8.39. The summed E-state index contributed by atoms with van der Waals surface area (Å²) in [6.45, 7) is 4.02. The maximum Gasteiger partial charge on any atom is 0.414 e. The lowest BCUT2D eigenvalue weighted by atomic mass is 10.2. The van der Waals surface area contributed by atoms with Crippen LogP contribution in [0.25, 0.3) is 4.98 Å². The fourth-order valence-electron chi connectivity index (χ4n) is 2.18. The summed E-state index contributed by atoms with van der Waals surface area (Å²) in [6.07, 6.45) is -0.524. The molecule has 30 heavy (non-hydrogen) atoms. The van der Waals surface area contributed by atoms with Gasteiger partial charge in [-0.3, -0.25) is 4.90 Å². The second-order valence-electron chi connectivity index (χ2n) is 5.54. The van der Waals surface area contributed by atoms with Crippen LogP contribution < -0.4 is 14.9 Å². The van der Waals surface area contributed by atoms with E-state index in [0.29, 0.717) is 11.4 Å². The van der Waals surface area contributed by atoms with Gasteiger partial charge in [-0.15, -0.1) is 0 Å². The van der Waals surface area contributed by atoms with Gasteiger partial charge in [0.1, 0.15) is 11.4 Å². The molecule has 0 aliphatic heterocycles. The predicted molar refractivity (Wildman–Crippen MR) is 108 cm³/mol. The molecule has 0 bridgehead atoms. The fraction of sp³-hybridized carbons (Fsp3) is 0.278. The highest BCUT2D eigenvalue weighted by atomic mass is 32.2. The molecule has 0 saturated heterocycles. The number of nitrogens with zero attached hydrogens (tertiary/aromatic N) is 3. The van der Waals surface area contributed by atoms with Crippen LogP contribution in [0.2, 0.25) is 0 Å². The SMILES string of the molecule is CCOC(=O)N(C)c1cc(Sc2ccc(C)cc2)c(OC)cc1[N+]#N.O=S([O-])O[O-]. The zero-order valence-electron chi connectivity index (χ0n) is 16.7.